The van der Waals surface area contributed by atoms with Crippen LogP contribution in [0.5, 0.6) is 0 Å². The van der Waals surface area contributed by atoms with Gasteiger partial charge >= 0.3 is 6.03 Å². The van der Waals surface area contributed by atoms with Crippen molar-refractivity contribution in [3.05, 3.63) is 34.9 Å². The summed E-state index contributed by atoms with van der Waals surface area (Å²) in [7, 11) is 1.65. The fraction of sp³-hybridized carbons (Fsp3) is 0.588. The molecule has 0 aromatic heterocycles. The first kappa shape index (κ1) is 16.6. The summed E-state index contributed by atoms with van der Waals surface area (Å²) in [6.07, 6.45) is 2.44. The Morgan fingerprint density at radius 3 is 2.87 bits per heavy atom. The number of urea groups is 1. The quantitative estimate of drug-likeness (QED) is 0.918. The van der Waals surface area contributed by atoms with Gasteiger partial charge in [-0.2, -0.15) is 0 Å². The number of amides is 2. The number of rotatable bonds is 4. The standard InChI is InChI=1S/C17H24ClN3O2/c1-23-12-16(13-4-6-14(18)7-5-13)19-17(22)21-10-9-20-8-2-3-15(20)11-21/h4-7,15-16H,2-3,8-12H2,1H3,(H,19,22)/t15-,16+/m0/s1. The highest BCUT2D eigenvalue weighted by Crippen LogP contribution is 2.22. The summed E-state index contributed by atoms with van der Waals surface area (Å²) in [5.74, 6) is 0. The molecule has 0 bridgehead atoms. The minimum atomic E-state index is -0.161. The molecule has 0 unspecified atom stereocenters. The van der Waals surface area contributed by atoms with Gasteiger partial charge < -0.3 is 15.0 Å². The van der Waals surface area contributed by atoms with Gasteiger partial charge in [-0.3, -0.25) is 4.90 Å². The summed E-state index contributed by atoms with van der Waals surface area (Å²) in [5.41, 5.74) is 1.00. The summed E-state index contributed by atoms with van der Waals surface area (Å²) in [6, 6.07) is 7.90. The van der Waals surface area contributed by atoms with Crippen LogP contribution in [0.3, 0.4) is 0 Å². The third-order valence-electron chi connectivity index (χ3n) is 4.78. The first-order chi connectivity index (χ1) is 11.2. The number of nitrogens with zero attached hydrogens (tertiary/aromatic N) is 2. The van der Waals surface area contributed by atoms with Crippen molar-refractivity contribution >= 4 is 17.6 Å². The Morgan fingerprint density at radius 1 is 1.35 bits per heavy atom. The van der Waals surface area contributed by atoms with E-state index in [2.05, 4.69) is 10.2 Å². The SMILES string of the molecule is COC[C@@H](NC(=O)N1CCN2CCC[C@H]2C1)c1ccc(Cl)cc1. The zero-order valence-corrected chi connectivity index (χ0v) is 14.3. The Labute approximate surface area is 142 Å². The van der Waals surface area contributed by atoms with Crippen molar-refractivity contribution in [3.8, 4) is 0 Å². The number of carbonyl (C=O) groups excluding carboxylic acids is 1. The minimum absolute atomic E-state index is 0.00597. The maximum Gasteiger partial charge on any atom is 0.318 e. The Balaban J connectivity index is 1.62. The molecule has 2 aliphatic heterocycles. The summed E-state index contributed by atoms with van der Waals surface area (Å²) in [5, 5.41) is 3.79. The zero-order valence-electron chi connectivity index (χ0n) is 13.5. The molecule has 2 heterocycles. The monoisotopic (exact) mass is 337 g/mol. The van der Waals surface area contributed by atoms with Gasteiger partial charge in [-0.15, -0.1) is 0 Å². The van der Waals surface area contributed by atoms with Crippen molar-refractivity contribution in [1.29, 1.82) is 0 Å². The van der Waals surface area contributed by atoms with E-state index in [-0.39, 0.29) is 12.1 Å². The first-order valence-corrected chi connectivity index (χ1v) is 8.59. The number of methoxy groups -OCH3 is 1. The highest BCUT2D eigenvalue weighted by molar-refractivity contribution is 6.30. The number of nitrogens with one attached hydrogen (secondary N) is 1. The average molecular weight is 338 g/mol. The predicted molar refractivity (Wildman–Crippen MR) is 90.8 cm³/mol. The van der Waals surface area contributed by atoms with Gasteiger partial charge in [0.15, 0.2) is 0 Å². The molecule has 0 aliphatic carbocycles. The fourth-order valence-corrected chi connectivity index (χ4v) is 3.62. The molecular weight excluding hydrogens is 314 g/mol. The predicted octanol–water partition coefficient (Wildman–Crippen LogP) is 2.52. The second-order valence-corrected chi connectivity index (χ2v) is 6.72. The van der Waals surface area contributed by atoms with E-state index in [9.17, 15) is 4.79 Å². The molecule has 0 radical (unpaired) electrons. The first-order valence-electron chi connectivity index (χ1n) is 8.21. The van der Waals surface area contributed by atoms with E-state index in [0.717, 1.165) is 25.2 Å². The highest BCUT2D eigenvalue weighted by Gasteiger charge is 2.33. The second-order valence-electron chi connectivity index (χ2n) is 6.29. The largest absolute Gasteiger partial charge is 0.382 e. The van der Waals surface area contributed by atoms with Crippen LogP contribution in [-0.2, 0) is 4.74 Å². The van der Waals surface area contributed by atoms with Gasteiger partial charge in [-0.1, -0.05) is 23.7 Å². The lowest BCUT2D eigenvalue weighted by Crippen LogP contribution is -2.55. The van der Waals surface area contributed by atoms with Crippen LogP contribution in [0, 0.1) is 0 Å². The zero-order chi connectivity index (χ0) is 16.2. The van der Waals surface area contributed by atoms with Gasteiger partial charge in [-0.25, -0.2) is 4.79 Å². The van der Waals surface area contributed by atoms with E-state index in [4.69, 9.17) is 16.3 Å². The van der Waals surface area contributed by atoms with Crippen molar-refractivity contribution < 1.29 is 9.53 Å². The minimum Gasteiger partial charge on any atom is -0.382 e. The van der Waals surface area contributed by atoms with Crippen molar-refractivity contribution in [2.24, 2.45) is 0 Å². The Kier molecular flexibility index (Phi) is 5.41. The molecule has 6 heteroatoms. The van der Waals surface area contributed by atoms with Crippen LogP contribution in [-0.4, -0.2) is 61.8 Å². The Hall–Kier alpha value is -1.30. The Morgan fingerprint density at radius 2 is 2.13 bits per heavy atom. The smallest absolute Gasteiger partial charge is 0.318 e. The molecule has 2 saturated heterocycles. The molecule has 2 atom stereocenters. The van der Waals surface area contributed by atoms with Gasteiger partial charge in [0, 0.05) is 37.8 Å². The van der Waals surface area contributed by atoms with Gasteiger partial charge in [0.2, 0.25) is 0 Å². The summed E-state index contributed by atoms with van der Waals surface area (Å²) in [6.45, 7) is 4.22. The molecule has 2 fully saturated rings. The summed E-state index contributed by atoms with van der Waals surface area (Å²) >= 11 is 5.94. The van der Waals surface area contributed by atoms with Gasteiger partial charge in [-0.05, 0) is 37.1 Å². The second kappa shape index (κ2) is 7.51. The number of hydrogen-bond acceptors (Lipinski definition) is 3. The number of carbonyl (C=O) groups is 1. The summed E-state index contributed by atoms with van der Waals surface area (Å²) in [4.78, 5) is 17.1. The molecule has 1 N–H and O–H groups in total. The molecule has 23 heavy (non-hydrogen) atoms. The average Bonchev–Trinajstić information content (AvgIpc) is 3.02. The van der Waals surface area contributed by atoms with Crippen LogP contribution in [0.2, 0.25) is 5.02 Å². The van der Waals surface area contributed by atoms with Gasteiger partial charge in [0.05, 0.1) is 12.6 Å². The molecule has 5 nitrogen and oxygen atoms in total. The number of fused-ring (bicyclic) bond motifs is 1. The number of halogens is 1. The Bertz CT molecular complexity index is 537. The molecule has 126 valence electrons. The maximum atomic E-state index is 12.6. The molecule has 0 spiro atoms. The van der Waals surface area contributed by atoms with Crippen molar-refractivity contribution in [2.45, 2.75) is 24.9 Å². The molecule has 1 aromatic rings. The molecular formula is C17H24ClN3O2. The number of ether oxygens (including phenoxy) is 1. The topological polar surface area (TPSA) is 44.8 Å². The van der Waals surface area contributed by atoms with E-state index in [1.54, 1.807) is 7.11 Å². The van der Waals surface area contributed by atoms with Crippen LogP contribution < -0.4 is 5.32 Å². The van der Waals surface area contributed by atoms with Gasteiger partial charge in [0.1, 0.15) is 0 Å². The van der Waals surface area contributed by atoms with Crippen LogP contribution in [0.4, 0.5) is 4.79 Å². The van der Waals surface area contributed by atoms with Gasteiger partial charge in [0.25, 0.3) is 0 Å². The van der Waals surface area contributed by atoms with E-state index in [1.165, 1.54) is 19.4 Å². The lowest BCUT2D eigenvalue weighted by molar-refractivity contribution is 0.110. The van der Waals surface area contributed by atoms with Crippen molar-refractivity contribution in [2.75, 3.05) is 39.9 Å². The van der Waals surface area contributed by atoms with Crippen LogP contribution >= 0.6 is 11.6 Å². The fourth-order valence-electron chi connectivity index (χ4n) is 3.50. The normalized spacial score (nSPS) is 22.7. The van der Waals surface area contributed by atoms with Crippen molar-refractivity contribution in [1.82, 2.24) is 15.1 Å². The van der Waals surface area contributed by atoms with Crippen LogP contribution in [0.25, 0.3) is 0 Å². The lowest BCUT2D eigenvalue weighted by Gasteiger charge is -2.38. The van der Waals surface area contributed by atoms with Crippen molar-refractivity contribution in [3.63, 3.8) is 0 Å². The van der Waals surface area contributed by atoms with Crippen LogP contribution in [0.1, 0.15) is 24.4 Å². The van der Waals surface area contributed by atoms with E-state index in [0.29, 0.717) is 17.7 Å². The number of hydrogen-bond donors (Lipinski definition) is 1. The van der Waals surface area contributed by atoms with E-state index in [1.807, 2.05) is 29.2 Å². The van der Waals surface area contributed by atoms with E-state index >= 15 is 0 Å². The third-order valence-corrected chi connectivity index (χ3v) is 5.03. The maximum absolute atomic E-state index is 12.6. The highest BCUT2D eigenvalue weighted by atomic mass is 35.5. The molecule has 0 saturated carbocycles. The van der Waals surface area contributed by atoms with Crippen LogP contribution in [0.15, 0.2) is 24.3 Å². The molecule has 3 rings (SSSR count). The van der Waals surface area contributed by atoms with E-state index < -0.39 is 0 Å². The summed E-state index contributed by atoms with van der Waals surface area (Å²) < 4.78 is 5.27. The third kappa shape index (κ3) is 3.97. The molecule has 2 amide bonds. The number of piperazine rings is 1. The molecule has 2 aliphatic rings. The lowest BCUT2D eigenvalue weighted by atomic mass is 10.1. The number of benzene rings is 1. The molecule has 1 aromatic carbocycles.